The summed E-state index contributed by atoms with van der Waals surface area (Å²) < 4.78 is 3.07. The van der Waals surface area contributed by atoms with E-state index < -0.39 is 0 Å². The number of fused-ring (bicyclic) bond motifs is 2. The molecule has 0 spiro atoms. The minimum atomic E-state index is -0.363. The van der Waals surface area contributed by atoms with Crippen LogP contribution in [-0.4, -0.2) is 25.9 Å². The van der Waals surface area contributed by atoms with Gasteiger partial charge in [0, 0.05) is 18.8 Å². The van der Waals surface area contributed by atoms with Crippen molar-refractivity contribution in [3.8, 4) is 0 Å². The number of carbonyl (C=O) groups excluding carboxylic acids is 1. The van der Waals surface area contributed by atoms with Crippen molar-refractivity contribution in [3.63, 3.8) is 0 Å². The summed E-state index contributed by atoms with van der Waals surface area (Å²) in [5.41, 5.74) is 1.84. The molecule has 0 atom stereocenters. The Balaban J connectivity index is 2.45. The molecule has 7 heteroatoms. The lowest BCUT2D eigenvalue weighted by atomic mass is 10.2. The Labute approximate surface area is 144 Å². The summed E-state index contributed by atoms with van der Waals surface area (Å²) in [6.45, 7) is 7.89. The van der Waals surface area contributed by atoms with Crippen molar-refractivity contribution in [2.24, 2.45) is 0 Å². The van der Waals surface area contributed by atoms with Crippen LogP contribution in [0, 0.1) is 12.3 Å². The molecule has 0 saturated heterocycles. The number of hydrogen-bond donors (Lipinski definition) is 2. The SMILES string of the molecule is CCn1c(=N)c(C(=O)NC(C)C)cc2c(=O)n3cccc(C)c3nc21. The average Bonchev–Trinajstić information content (AvgIpc) is 2.55. The second-order valence-corrected chi connectivity index (χ2v) is 6.32. The first-order valence-electron chi connectivity index (χ1n) is 8.26. The monoisotopic (exact) mass is 339 g/mol. The van der Waals surface area contributed by atoms with E-state index in [9.17, 15) is 9.59 Å². The predicted octanol–water partition coefficient (Wildman–Crippen LogP) is 1.60. The summed E-state index contributed by atoms with van der Waals surface area (Å²) in [5, 5.41) is 11.5. The third-order valence-corrected chi connectivity index (χ3v) is 4.11. The number of aromatic nitrogens is 3. The van der Waals surface area contributed by atoms with Gasteiger partial charge in [0.2, 0.25) is 0 Å². The number of amides is 1. The summed E-state index contributed by atoms with van der Waals surface area (Å²) in [4.78, 5) is 30.0. The van der Waals surface area contributed by atoms with Crippen LogP contribution >= 0.6 is 0 Å². The van der Waals surface area contributed by atoms with Crippen molar-refractivity contribution < 1.29 is 4.79 Å². The molecule has 7 nitrogen and oxygen atoms in total. The summed E-state index contributed by atoms with van der Waals surface area (Å²) in [5.74, 6) is -0.363. The van der Waals surface area contributed by atoms with Crippen LogP contribution in [-0.2, 0) is 6.54 Å². The first-order chi connectivity index (χ1) is 11.8. The van der Waals surface area contributed by atoms with E-state index in [4.69, 9.17) is 5.41 Å². The third-order valence-electron chi connectivity index (χ3n) is 4.11. The van der Waals surface area contributed by atoms with E-state index in [0.717, 1.165) is 5.56 Å². The lowest BCUT2D eigenvalue weighted by Crippen LogP contribution is -2.37. The van der Waals surface area contributed by atoms with E-state index >= 15 is 0 Å². The standard InChI is InChI=1S/C18H21N5O2/c1-5-22-14(19)12(17(24)20-10(2)3)9-13-16(22)21-15-11(4)7-6-8-23(15)18(13)25/h6-10,19H,5H2,1-4H3,(H,20,24). The fourth-order valence-electron chi connectivity index (χ4n) is 2.92. The smallest absolute Gasteiger partial charge is 0.267 e. The fraction of sp³-hybridized carbons (Fsp3) is 0.333. The highest BCUT2D eigenvalue weighted by Gasteiger charge is 2.17. The Bertz CT molecular complexity index is 1110. The van der Waals surface area contributed by atoms with Crippen LogP contribution in [0.5, 0.6) is 0 Å². The molecule has 0 radical (unpaired) electrons. The quantitative estimate of drug-likeness (QED) is 0.710. The van der Waals surface area contributed by atoms with Gasteiger partial charge in [0.1, 0.15) is 16.8 Å². The number of aryl methyl sites for hydroxylation is 2. The van der Waals surface area contributed by atoms with E-state index in [1.165, 1.54) is 10.5 Å². The second-order valence-electron chi connectivity index (χ2n) is 6.32. The highest BCUT2D eigenvalue weighted by Crippen LogP contribution is 2.12. The van der Waals surface area contributed by atoms with Gasteiger partial charge in [-0.1, -0.05) is 6.07 Å². The fourth-order valence-corrected chi connectivity index (χ4v) is 2.92. The van der Waals surface area contributed by atoms with Gasteiger partial charge in [-0.05, 0) is 45.4 Å². The molecule has 0 fully saturated rings. The third kappa shape index (κ3) is 2.71. The molecule has 0 aliphatic carbocycles. The van der Waals surface area contributed by atoms with Gasteiger partial charge in [-0.25, -0.2) is 4.98 Å². The first-order valence-corrected chi connectivity index (χ1v) is 8.26. The predicted molar refractivity (Wildman–Crippen MR) is 95.8 cm³/mol. The van der Waals surface area contributed by atoms with Gasteiger partial charge < -0.3 is 9.88 Å². The average molecular weight is 339 g/mol. The first kappa shape index (κ1) is 16.9. The summed E-state index contributed by atoms with van der Waals surface area (Å²) in [6.07, 6.45) is 1.66. The van der Waals surface area contributed by atoms with Crippen molar-refractivity contribution in [1.29, 1.82) is 5.41 Å². The Morgan fingerprint density at radius 3 is 2.72 bits per heavy atom. The Hall–Kier alpha value is -2.96. The second kappa shape index (κ2) is 6.16. The zero-order chi connectivity index (χ0) is 18.3. The molecule has 130 valence electrons. The van der Waals surface area contributed by atoms with Crippen LogP contribution < -0.4 is 16.4 Å². The summed E-state index contributed by atoms with van der Waals surface area (Å²) in [6, 6.07) is 5.09. The molecule has 0 aliphatic heterocycles. The topological polar surface area (TPSA) is 92.2 Å². The number of hydrogen-bond acceptors (Lipinski definition) is 4. The molecule has 3 heterocycles. The lowest BCUT2D eigenvalue weighted by molar-refractivity contribution is 0.0940. The molecular formula is C18H21N5O2. The molecule has 0 aromatic carbocycles. The zero-order valence-electron chi connectivity index (χ0n) is 14.8. The van der Waals surface area contributed by atoms with Crippen LogP contribution in [0.1, 0.15) is 36.7 Å². The number of rotatable bonds is 3. The van der Waals surface area contributed by atoms with Gasteiger partial charge in [-0.15, -0.1) is 0 Å². The maximum absolute atomic E-state index is 12.9. The van der Waals surface area contributed by atoms with Gasteiger partial charge in [0.05, 0.1) is 10.9 Å². The molecular weight excluding hydrogens is 318 g/mol. The van der Waals surface area contributed by atoms with Crippen molar-refractivity contribution in [1.82, 2.24) is 19.3 Å². The molecule has 25 heavy (non-hydrogen) atoms. The number of carbonyl (C=O) groups is 1. The number of nitrogens with zero attached hydrogens (tertiary/aromatic N) is 3. The van der Waals surface area contributed by atoms with Gasteiger partial charge >= 0.3 is 0 Å². The largest absolute Gasteiger partial charge is 0.350 e. The van der Waals surface area contributed by atoms with E-state index in [1.54, 1.807) is 16.8 Å². The lowest BCUT2D eigenvalue weighted by Gasteiger charge is -2.14. The van der Waals surface area contributed by atoms with Gasteiger partial charge in [-0.2, -0.15) is 0 Å². The molecule has 0 unspecified atom stereocenters. The van der Waals surface area contributed by atoms with Gasteiger partial charge in [-0.3, -0.25) is 19.4 Å². The van der Waals surface area contributed by atoms with Crippen molar-refractivity contribution >= 4 is 22.6 Å². The van der Waals surface area contributed by atoms with E-state index in [2.05, 4.69) is 10.3 Å². The van der Waals surface area contributed by atoms with Gasteiger partial charge in [0.25, 0.3) is 11.5 Å². The molecule has 3 rings (SSSR count). The van der Waals surface area contributed by atoms with E-state index in [0.29, 0.717) is 23.2 Å². The van der Waals surface area contributed by atoms with Gasteiger partial charge in [0.15, 0.2) is 0 Å². The maximum atomic E-state index is 12.9. The van der Waals surface area contributed by atoms with Crippen molar-refractivity contribution in [3.05, 3.63) is 51.4 Å². The van der Waals surface area contributed by atoms with Crippen LogP contribution in [0.15, 0.2) is 29.2 Å². The normalized spacial score (nSPS) is 11.4. The summed E-state index contributed by atoms with van der Waals surface area (Å²) in [7, 11) is 0. The van der Waals surface area contributed by atoms with Crippen molar-refractivity contribution in [2.45, 2.75) is 40.3 Å². The minimum absolute atomic E-state index is 0.0537. The van der Waals surface area contributed by atoms with Crippen molar-refractivity contribution in [2.75, 3.05) is 0 Å². The molecule has 1 amide bonds. The molecule has 2 N–H and O–H groups in total. The van der Waals surface area contributed by atoms with E-state index in [-0.39, 0.29) is 28.6 Å². The van der Waals surface area contributed by atoms with Crippen LogP contribution in [0.25, 0.3) is 16.7 Å². The molecule has 3 aromatic heterocycles. The van der Waals surface area contributed by atoms with Crippen LogP contribution in [0.2, 0.25) is 0 Å². The molecule has 3 aromatic rings. The Morgan fingerprint density at radius 2 is 2.08 bits per heavy atom. The minimum Gasteiger partial charge on any atom is -0.350 e. The van der Waals surface area contributed by atoms with Crippen LogP contribution in [0.4, 0.5) is 0 Å². The van der Waals surface area contributed by atoms with Crippen LogP contribution in [0.3, 0.4) is 0 Å². The Kier molecular flexibility index (Phi) is 4.16. The maximum Gasteiger partial charge on any atom is 0.267 e. The molecule has 0 saturated carbocycles. The Morgan fingerprint density at radius 1 is 1.36 bits per heavy atom. The highest BCUT2D eigenvalue weighted by molar-refractivity contribution is 5.97. The zero-order valence-corrected chi connectivity index (χ0v) is 14.8. The molecule has 0 bridgehead atoms. The molecule has 0 aliphatic rings. The summed E-state index contributed by atoms with van der Waals surface area (Å²) >= 11 is 0. The van der Waals surface area contributed by atoms with E-state index in [1.807, 2.05) is 33.8 Å². The highest BCUT2D eigenvalue weighted by atomic mass is 16.1. The number of pyridine rings is 2. The number of nitrogens with one attached hydrogen (secondary N) is 2.